The van der Waals surface area contributed by atoms with Gasteiger partial charge in [-0.05, 0) is 31.0 Å². The van der Waals surface area contributed by atoms with Crippen LogP contribution in [0, 0.1) is 0 Å². The van der Waals surface area contributed by atoms with Gasteiger partial charge in [0.05, 0.1) is 13.1 Å². The molecule has 4 rings (SSSR count). The van der Waals surface area contributed by atoms with Gasteiger partial charge in [-0.2, -0.15) is 0 Å². The highest BCUT2D eigenvalue weighted by Gasteiger charge is 2.64. The van der Waals surface area contributed by atoms with Crippen molar-refractivity contribution in [2.45, 2.75) is 37.8 Å². The van der Waals surface area contributed by atoms with E-state index in [4.69, 9.17) is 0 Å². The van der Waals surface area contributed by atoms with Gasteiger partial charge in [-0.1, -0.05) is 48.5 Å². The monoisotopic (exact) mass is 307 g/mol. The van der Waals surface area contributed by atoms with E-state index in [2.05, 4.69) is 49.5 Å². The minimum absolute atomic E-state index is 0.106. The van der Waals surface area contributed by atoms with Gasteiger partial charge in [-0.15, -0.1) is 0 Å². The Hall–Kier alpha value is -2.13. The molecule has 1 amide bonds. The van der Waals surface area contributed by atoms with E-state index in [1.807, 2.05) is 29.2 Å². The third-order valence-corrected chi connectivity index (χ3v) is 5.72. The number of rotatable bonds is 2. The minimum Gasteiger partial charge on any atom is -0.341 e. The molecule has 2 N–H and O–H groups in total. The Morgan fingerprint density at radius 1 is 1.04 bits per heavy atom. The van der Waals surface area contributed by atoms with E-state index in [0.29, 0.717) is 6.54 Å². The zero-order valence-electron chi connectivity index (χ0n) is 13.8. The van der Waals surface area contributed by atoms with Crippen molar-refractivity contribution in [2.24, 2.45) is 0 Å². The molecule has 23 heavy (non-hydrogen) atoms. The molecule has 2 aromatic carbocycles. The lowest BCUT2D eigenvalue weighted by Gasteiger charge is -2.33. The van der Waals surface area contributed by atoms with E-state index in [0.717, 1.165) is 18.7 Å². The predicted molar refractivity (Wildman–Crippen MR) is 91.2 cm³/mol. The maximum Gasteiger partial charge on any atom is 0.244 e. The molecule has 2 aromatic rings. The molecule has 2 aliphatic heterocycles. The number of para-hydroxylation sites is 1. The zero-order chi connectivity index (χ0) is 16.1. The molecule has 1 spiro atoms. The van der Waals surface area contributed by atoms with Crippen molar-refractivity contribution in [1.29, 1.82) is 0 Å². The van der Waals surface area contributed by atoms with Crippen LogP contribution in [-0.2, 0) is 16.8 Å². The Kier molecular flexibility index (Phi) is 3.10. The van der Waals surface area contributed by atoms with E-state index >= 15 is 0 Å². The highest BCUT2D eigenvalue weighted by molar-refractivity contribution is 6.09. The van der Waals surface area contributed by atoms with Crippen LogP contribution in [-0.4, -0.2) is 18.0 Å². The molecule has 118 valence electrons. The Morgan fingerprint density at radius 2 is 1.74 bits per heavy atom. The first kappa shape index (κ1) is 14.5. The van der Waals surface area contributed by atoms with Crippen molar-refractivity contribution in [3.8, 4) is 0 Å². The van der Waals surface area contributed by atoms with Crippen molar-refractivity contribution in [3.63, 3.8) is 0 Å². The SMILES string of the molecule is CC1(C)[NH2+]CC[C@@]12C(=O)N(Cc1ccccc1)c1ccccc12. The van der Waals surface area contributed by atoms with Gasteiger partial charge in [-0.25, -0.2) is 0 Å². The Morgan fingerprint density at radius 3 is 2.43 bits per heavy atom. The van der Waals surface area contributed by atoms with Crippen LogP contribution in [0.15, 0.2) is 54.6 Å². The number of hydrogen-bond acceptors (Lipinski definition) is 1. The molecule has 0 bridgehead atoms. The normalized spacial score (nSPS) is 25.1. The molecule has 0 unspecified atom stereocenters. The number of quaternary nitrogens is 1. The number of fused-ring (bicyclic) bond motifs is 2. The number of carbonyl (C=O) groups is 1. The average molecular weight is 307 g/mol. The topological polar surface area (TPSA) is 36.9 Å². The first-order valence-electron chi connectivity index (χ1n) is 8.36. The minimum atomic E-state index is -0.391. The van der Waals surface area contributed by atoms with Crippen LogP contribution >= 0.6 is 0 Å². The second-order valence-electron chi connectivity index (χ2n) is 7.26. The molecule has 1 saturated heterocycles. The second-order valence-corrected chi connectivity index (χ2v) is 7.26. The summed E-state index contributed by atoms with van der Waals surface area (Å²) >= 11 is 0. The van der Waals surface area contributed by atoms with Crippen LogP contribution in [0.4, 0.5) is 5.69 Å². The van der Waals surface area contributed by atoms with Gasteiger partial charge in [0.15, 0.2) is 0 Å². The van der Waals surface area contributed by atoms with Crippen molar-refractivity contribution in [3.05, 3.63) is 65.7 Å². The summed E-state index contributed by atoms with van der Waals surface area (Å²) in [4.78, 5) is 15.5. The van der Waals surface area contributed by atoms with Gasteiger partial charge < -0.3 is 10.2 Å². The Balaban J connectivity index is 1.83. The molecule has 3 nitrogen and oxygen atoms in total. The van der Waals surface area contributed by atoms with Crippen LogP contribution < -0.4 is 10.2 Å². The van der Waals surface area contributed by atoms with E-state index in [9.17, 15) is 4.79 Å². The van der Waals surface area contributed by atoms with Gasteiger partial charge in [0.25, 0.3) is 0 Å². The maximum absolute atomic E-state index is 13.5. The first-order chi connectivity index (χ1) is 11.1. The van der Waals surface area contributed by atoms with Gasteiger partial charge in [0.1, 0.15) is 11.0 Å². The number of amides is 1. The van der Waals surface area contributed by atoms with E-state index in [1.165, 1.54) is 11.1 Å². The quantitative estimate of drug-likeness (QED) is 0.907. The van der Waals surface area contributed by atoms with Crippen molar-refractivity contribution in [2.75, 3.05) is 11.4 Å². The Labute approximate surface area is 137 Å². The van der Waals surface area contributed by atoms with Crippen LogP contribution in [0.3, 0.4) is 0 Å². The van der Waals surface area contributed by atoms with Crippen molar-refractivity contribution >= 4 is 11.6 Å². The van der Waals surface area contributed by atoms with E-state index < -0.39 is 5.41 Å². The Bertz CT molecular complexity index is 753. The molecule has 2 heterocycles. The smallest absolute Gasteiger partial charge is 0.244 e. The molecule has 1 atom stereocenters. The number of benzene rings is 2. The third-order valence-electron chi connectivity index (χ3n) is 5.72. The molecular formula is C20H23N2O+. The summed E-state index contributed by atoms with van der Waals surface area (Å²) in [6.45, 7) is 6.07. The summed E-state index contributed by atoms with van der Waals surface area (Å²) in [5, 5.41) is 2.33. The second kappa shape index (κ2) is 4.93. The number of carbonyl (C=O) groups excluding carboxylic acids is 1. The lowest BCUT2D eigenvalue weighted by molar-refractivity contribution is -0.704. The summed E-state index contributed by atoms with van der Waals surface area (Å²) in [5.41, 5.74) is 2.97. The molecule has 0 saturated carbocycles. The number of anilines is 1. The highest BCUT2D eigenvalue weighted by Crippen LogP contribution is 2.50. The molecule has 1 fully saturated rings. The third kappa shape index (κ3) is 1.89. The van der Waals surface area contributed by atoms with Crippen molar-refractivity contribution < 1.29 is 10.1 Å². The van der Waals surface area contributed by atoms with Crippen LogP contribution in [0.2, 0.25) is 0 Å². The fraction of sp³-hybridized carbons (Fsp3) is 0.350. The zero-order valence-corrected chi connectivity index (χ0v) is 13.8. The predicted octanol–water partition coefficient (Wildman–Crippen LogP) is 2.22. The lowest BCUT2D eigenvalue weighted by Crippen LogP contribution is -2.94. The molecule has 0 aromatic heterocycles. The van der Waals surface area contributed by atoms with Crippen molar-refractivity contribution in [1.82, 2.24) is 0 Å². The number of hydrogen-bond donors (Lipinski definition) is 1. The highest BCUT2D eigenvalue weighted by atomic mass is 16.2. The number of nitrogens with two attached hydrogens (primary N) is 1. The summed E-state index contributed by atoms with van der Waals surface area (Å²) < 4.78 is 0. The molecule has 3 heteroatoms. The summed E-state index contributed by atoms with van der Waals surface area (Å²) in [5.74, 6) is 0.265. The first-order valence-corrected chi connectivity index (χ1v) is 8.36. The molecule has 2 aliphatic rings. The molecular weight excluding hydrogens is 284 g/mol. The van der Waals surface area contributed by atoms with Crippen LogP contribution in [0.1, 0.15) is 31.4 Å². The van der Waals surface area contributed by atoms with Gasteiger partial charge in [-0.3, -0.25) is 4.79 Å². The van der Waals surface area contributed by atoms with E-state index in [1.54, 1.807) is 0 Å². The summed E-state index contributed by atoms with van der Waals surface area (Å²) in [7, 11) is 0. The fourth-order valence-electron chi connectivity index (χ4n) is 4.46. The fourth-order valence-corrected chi connectivity index (χ4v) is 4.46. The van der Waals surface area contributed by atoms with Gasteiger partial charge in [0.2, 0.25) is 5.91 Å². The van der Waals surface area contributed by atoms with Crippen LogP contribution in [0.5, 0.6) is 0 Å². The van der Waals surface area contributed by atoms with E-state index in [-0.39, 0.29) is 11.4 Å². The maximum atomic E-state index is 13.5. The largest absolute Gasteiger partial charge is 0.341 e. The molecule has 0 aliphatic carbocycles. The standard InChI is InChI=1S/C20H22N2O/c1-19(2)20(12-13-21-19)16-10-6-7-11-17(16)22(18(20)23)14-15-8-4-3-5-9-15/h3-11,21H,12-14H2,1-2H3/p+1/t20-/m1/s1. The summed E-state index contributed by atoms with van der Waals surface area (Å²) in [6, 6.07) is 18.6. The number of nitrogens with zero attached hydrogens (tertiary/aromatic N) is 1. The van der Waals surface area contributed by atoms with Gasteiger partial charge in [0, 0.05) is 12.1 Å². The molecule has 0 radical (unpaired) electrons. The lowest BCUT2D eigenvalue weighted by atomic mass is 9.68. The van der Waals surface area contributed by atoms with Crippen LogP contribution in [0.25, 0.3) is 0 Å². The van der Waals surface area contributed by atoms with Gasteiger partial charge >= 0.3 is 0 Å². The average Bonchev–Trinajstić information content (AvgIpc) is 3.00. The summed E-state index contributed by atoms with van der Waals surface area (Å²) in [6.07, 6.45) is 0.918.